The van der Waals surface area contributed by atoms with Gasteiger partial charge in [0.1, 0.15) is 17.1 Å². The van der Waals surface area contributed by atoms with Crippen molar-refractivity contribution in [3.05, 3.63) is 51.4 Å². The van der Waals surface area contributed by atoms with Crippen LogP contribution in [0.15, 0.2) is 35.8 Å². The van der Waals surface area contributed by atoms with E-state index in [4.69, 9.17) is 47.1 Å². The number of pyridine rings is 1. The molecule has 1 N–H and O–H groups in total. The molecule has 0 atom stereocenters. The van der Waals surface area contributed by atoms with Gasteiger partial charge in [-0.15, -0.1) is 0 Å². The predicted octanol–water partition coefficient (Wildman–Crippen LogP) is 3.33. The lowest BCUT2D eigenvalue weighted by atomic mass is 10.0. The molecule has 0 aliphatic carbocycles. The average molecular weight is 648 g/mol. The van der Waals surface area contributed by atoms with Crippen LogP contribution in [0.5, 0.6) is 11.5 Å². The zero-order valence-electron chi connectivity index (χ0n) is 24.8. The number of amides is 1. The highest BCUT2D eigenvalue weighted by atomic mass is 35.5. The van der Waals surface area contributed by atoms with Gasteiger partial charge in [0.2, 0.25) is 11.9 Å². The summed E-state index contributed by atoms with van der Waals surface area (Å²) in [6.45, 7) is 9.86. The van der Waals surface area contributed by atoms with Crippen LogP contribution in [0.4, 0.5) is 5.95 Å². The lowest BCUT2D eigenvalue weighted by molar-refractivity contribution is -0.139. The Morgan fingerprint density at radius 1 is 1.14 bits per heavy atom. The Bertz CT molecular complexity index is 1540. The van der Waals surface area contributed by atoms with E-state index in [0.29, 0.717) is 48.1 Å². The minimum atomic E-state index is -0.366. The van der Waals surface area contributed by atoms with Crippen molar-refractivity contribution in [2.45, 2.75) is 19.1 Å². The molecule has 2 aromatic heterocycles. The van der Waals surface area contributed by atoms with Crippen molar-refractivity contribution < 1.29 is 23.7 Å². The summed E-state index contributed by atoms with van der Waals surface area (Å²) < 4.78 is 23.8. The highest BCUT2D eigenvalue weighted by Gasteiger charge is 2.30. The van der Waals surface area contributed by atoms with Crippen LogP contribution in [-0.4, -0.2) is 110 Å². The second-order valence-electron chi connectivity index (χ2n) is 10.4. The van der Waals surface area contributed by atoms with Crippen LogP contribution in [0, 0.1) is 0 Å². The number of nitrogens with zero attached hydrogens (tertiary/aromatic N) is 5. The summed E-state index contributed by atoms with van der Waals surface area (Å²) >= 11 is 13.4. The number of hydrogen-bond acceptors (Lipinski definition) is 10. The summed E-state index contributed by atoms with van der Waals surface area (Å²) in [5.74, 6) is 0.907. The van der Waals surface area contributed by atoms with E-state index in [9.17, 15) is 9.59 Å². The molecular weight excluding hydrogens is 611 g/mol. The van der Waals surface area contributed by atoms with E-state index in [1.54, 1.807) is 23.2 Å². The third-order valence-corrected chi connectivity index (χ3v) is 8.46. The molecular formula is C30H36Cl2N6O6. The van der Waals surface area contributed by atoms with Crippen molar-refractivity contribution >= 4 is 46.1 Å². The van der Waals surface area contributed by atoms with Crippen molar-refractivity contribution in [1.29, 1.82) is 0 Å². The van der Waals surface area contributed by atoms with Crippen LogP contribution in [0.2, 0.25) is 10.0 Å². The SMILES string of the molecule is C=CC(=O)N1CC(OCCn2c(=O)c(-c3c(Cl)c(OC)cc(OC)c3Cl)cc3cnc(NCCCN4CCOCC4)nc32)C1. The minimum absolute atomic E-state index is 0.131. The number of halogens is 2. The normalized spacial score (nSPS) is 15.7. The van der Waals surface area contributed by atoms with Crippen LogP contribution in [0.3, 0.4) is 0 Å². The molecule has 5 rings (SSSR count). The zero-order valence-corrected chi connectivity index (χ0v) is 26.3. The van der Waals surface area contributed by atoms with Crippen LogP contribution in [0.1, 0.15) is 6.42 Å². The topological polar surface area (TPSA) is 120 Å². The van der Waals surface area contributed by atoms with E-state index in [0.717, 1.165) is 39.3 Å². The summed E-state index contributed by atoms with van der Waals surface area (Å²) in [4.78, 5) is 39.1. The number of benzene rings is 1. The summed E-state index contributed by atoms with van der Waals surface area (Å²) in [5, 5.41) is 4.25. The molecule has 0 bridgehead atoms. The van der Waals surface area contributed by atoms with Gasteiger partial charge < -0.3 is 29.2 Å². The van der Waals surface area contributed by atoms with Crippen molar-refractivity contribution in [2.75, 3.05) is 78.6 Å². The number of rotatable bonds is 13. The molecule has 44 heavy (non-hydrogen) atoms. The number of hydrogen-bond donors (Lipinski definition) is 1. The van der Waals surface area contributed by atoms with E-state index in [1.807, 2.05) is 0 Å². The first-order valence-electron chi connectivity index (χ1n) is 14.4. The number of anilines is 1. The number of ether oxygens (including phenoxy) is 4. The maximum atomic E-state index is 14.1. The van der Waals surface area contributed by atoms with E-state index < -0.39 is 0 Å². The molecule has 2 aliphatic rings. The third kappa shape index (κ3) is 6.94. The molecule has 0 radical (unpaired) electrons. The van der Waals surface area contributed by atoms with Crippen LogP contribution in [-0.2, 0) is 20.8 Å². The summed E-state index contributed by atoms with van der Waals surface area (Å²) in [6.07, 6.45) is 3.72. The maximum absolute atomic E-state index is 14.1. The summed E-state index contributed by atoms with van der Waals surface area (Å²) in [6, 6.07) is 3.24. The Labute approximate surface area is 265 Å². The van der Waals surface area contributed by atoms with E-state index in [1.165, 1.54) is 24.9 Å². The molecule has 12 nitrogen and oxygen atoms in total. The molecule has 236 valence electrons. The number of carbonyl (C=O) groups is 1. The van der Waals surface area contributed by atoms with Crippen molar-refractivity contribution in [1.82, 2.24) is 24.3 Å². The highest BCUT2D eigenvalue weighted by Crippen LogP contribution is 2.45. The van der Waals surface area contributed by atoms with Crippen molar-refractivity contribution in [2.24, 2.45) is 0 Å². The summed E-state index contributed by atoms with van der Waals surface area (Å²) in [7, 11) is 2.95. The van der Waals surface area contributed by atoms with Gasteiger partial charge in [0, 0.05) is 55.9 Å². The van der Waals surface area contributed by atoms with Gasteiger partial charge in [-0.25, -0.2) is 4.98 Å². The minimum Gasteiger partial charge on any atom is -0.495 e. The number of methoxy groups -OCH3 is 2. The van der Waals surface area contributed by atoms with Gasteiger partial charge >= 0.3 is 0 Å². The number of fused-ring (bicyclic) bond motifs is 1. The van der Waals surface area contributed by atoms with Crippen molar-refractivity contribution in [3.8, 4) is 22.6 Å². The average Bonchev–Trinajstić information content (AvgIpc) is 3.02. The van der Waals surface area contributed by atoms with Crippen LogP contribution >= 0.6 is 23.2 Å². The number of morpholine rings is 1. The fraction of sp³-hybridized carbons (Fsp3) is 0.467. The van der Waals surface area contributed by atoms with Gasteiger partial charge in [-0.2, -0.15) is 4.98 Å². The molecule has 2 saturated heterocycles. The Hall–Kier alpha value is -3.42. The van der Waals surface area contributed by atoms with E-state index in [-0.39, 0.29) is 51.9 Å². The molecule has 1 amide bonds. The second kappa shape index (κ2) is 14.6. The molecule has 0 spiro atoms. The fourth-order valence-electron chi connectivity index (χ4n) is 5.24. The van der Waals surface area contributed by atoms with Gasteiger partial charge in [-0.05, 0) is 25.1 Å². The van der Waals surface area contributed by atoms with Gasteiger partial charge in [0.05, 0.1) is 62.3 Å². The summed E-state index contributed by atoms with van der Waals surface area (Å²) in [5.41, 5.74) is 0.598. The molecule has 3 aromatic rings. The first-order chi connectivity index (χ1) is 21.3. The van der Waals surface area contributed by atoms with Gasteiger partial charge in [-0.1, -0.05) is 29.8 Å². The second-order valence-corrected chi connectivity index (χ2v) is 11.2. The van der Waals surface area contributed by atoms with Gasteiger partial charge in [-0.3, -0.25) is 19.1 Å². The molecule has 2 aliphatic heterocycles. The van der Waals surface area contributed by atoms with Gasteiger partial charge in [0.25, 0.3) is 5.56 Å². The van der Waals surface area contributed by atoms with Crippen molar-refractivity contribution in [3.63, 3.8) is 0 Å². The number of nitrogens with one attached hydrogen (secondary N) is 1. The van der Waals surface area contributed by atoms with Gasteiger partial charge in [0.15, 0.2) is 0 Å². The van der Waals surface area contributed by atoms with Crippen LogP contribution in [0.25, 0.3) is 22.2 Å². The monoisotopic (exact) mass is 646 g/mol. The number of likely N-dealkylation sites (tertiary alicyclic amines) is 1. The Kier molecular flexibility index (Phi) is 10.6. The molecule has 0 saturated carbocycles. The first-order valence-corrected chi connectivity index (χ1v) is 15.2. The Morgan fingerprint density at radius 3 is 2.50 bits per heavy atom. The Balaban J connectivity index is 1.43. The molecule has 1 aromatic carbocycles. The zero-order chi connectivity index (χ0) is 31.2. The maximum Gasteiger partial charge on any atom is 0.260 e. The smallest absolute Gasteiger partial charge is 0.260 e. The number of aromatic nitrogens is 3. The Morgan fingerprint density at radius 2 is 1.84 bits per heavy atom. The van der Waals surface area contributed by atoms with Crippen LogP contribution < -0.4 is 20.3 Å². The van der Waals surface area contributed by atoms with E-state index >= 15 is 0 Å². The highest BCUT2D eigenvalue weighted by molar-refractivity contribution is 6.41. The standard InChI is InChI=1S/C30H36Cl2N6O6/c1-4-24(39)37-17-20(18-37)44-13-10-38-28-19(16-34-30(35-28)33-6-5-7-36-8-11-43-12-9-36)14-21(29(38)40)25-26(31)22(41-2)15-23(42-3)27(25)32/h4,14-16,20H,1,5-13,17-18H2,2-3H3,(H,33,34,35). The number of carbonyl (C=O) groups excluding carboxylic acids is 1. The third-order valence-electron chi connectivity index (χ3n) is 7.71. The first kappa shape index (κ1) is 32.0. The quantitative estimate of drug-likeness (QED) is 0.219. The largest absolute Gasteiger partial charge is 0.495 e. The molecule has 2 fully saturated rings. The predicted molar refractivity (Wildman–Crippen MR) is 169 cm³/mol. The molecule has 14 heteroatoms. The fourth-order valence-corrected chi connectivity index (χ4v) is 5.95. The van der Waals surface area contributed by atoms with E-state index in [2.05, 4.69) is 21.8 Å². The lowest BCUT2D eigenvalue weighted by Crippen LogP contribution is -2.54. The molecule has 0 unspecified atom stereocenters. The molecule has 4 heterocycles. The lowest BCUT2D eigenvalue weighted by Gasteiger charge is -2.38.